The van der Waals surface area contributed by atoms with Crippen molar-refractivity contribution >= 4 is 17.9 Å². The van der Waals surface area contributed by atoms with E-state index in [4.69, 9.17) is 4.74 Å². The smallest absolute Gasteiger partial charge is 0.377 e. The molecule has 1 unspecified atom stereocenters. The molecule has 0 radical (unpaired) electrons. The van der Waals surface area contributed by atoms with E-state index in [2.05, 4.69) is 4.98 Å². The standard InChI is InChI=1S/C20H22F3N3O4.C2H6/c1-19(10-13-5-4-8-30-11-13)18(29)25(2)15(17(28)26(19)12-27)9-14-6-3-7-24-16(14)20(21,22)23;1-2/h3,5-7,9,27H,4,8,10-12H2,1-2H3;1-2H3/b15-9-;. The van der Waals surface area contributed by atoms with E-state index in [9.17, 15) is 27.9 Å². The first kappa shape index (κ1) is 25.5. The molecule has 1 N–H and O–H groups in total. The SMILES string of the molecule is CC.CN1C(=O)C(C)(CC2=CCCOC2)N(CO)C(=O)/C1=C/c1cccnc1C(F)(F)F. The Bertz CT molecular complexity index is 914. The van der Waals surface area contributed by atoms with E-state index in [-0.39, 0.29) is 17.7 Å². The van der Waals surface area contributed by atoms with Crippen molar-refractivity contribution in [1.82, 2.24) is 14.8 Å². The average Bonchev–Trinajstić information content (AvgIpc) is 2.77. The Morgan fingerprint density at radius 2 is 2.00 bits per heavy atom. The number of amides is 2. The lowest BCUT2D eigenvalue weighted by molar-refractivity contribution is -0.162. The molecule has 0 saturated carbocycles. The summed E-state index contributed by atoms with van der Waals surface area (Å²) in [4.78, 5) is 31.6. The molecule has 1 aromatic rings. The number of likely N-dealkylation sites (N-methyl/N-ethyl adjacent to an activating group) is 1. The molecule has 2 aliphatic heterocycles. The van der Waals surface area contributed by atoms with Crippen molar-refractivity contribution in [2.75, 3.05) is 27.0 Å². The number of rotatable bonds is 4. The highest BCUT2D eigenvalue weighted by Crippen LogP contribution is 2.36. The van der Waals surface area contributed by atoms with Crippen LogP contribution in [0.3, 0.4) is 0 Å². The van der Waals surface area contributed by atoms with Crippen molar-refractivity contribution in [3.05, 3.63) is 46.9 Å². The summed E-state index contributed by atoms with van der Waals surface area (Å²) in [5, 5.41) is 9.86. The van der Waals surface area contributed by atoms with Crippen molar-refractivity contribution in [2.45, 2.75) is 45.3 Å². The van der Waals surface area contributed by atoms with Gasteiger partial charge in [-0.05, 0) is 31.1 Å². The Balaban J connectivity index is 0.00000176. The summed E-state index contributed by atoms with van der Waals surface area (Å²) >= 11 is 0. The Hall–Kier alpha value is -2.72. The molecule has 0 spiro atoms. The normalized spacial score (nSPS) is 23.1. The van der Waals surface area contributed by atoms with Crippen LogP contribution in [0.4, 0.5) is 13.2 Å². The van der Waals surface area contributed by atoms with Gasteiger partial charge in [-0.3, -0.25) is 19.5 Å². The lowest BCUT2D eigenvalue weighted by Gasteiger charge is -2.47. The average molecular weight is 455 g/mol. The Kier molecular flexibility index (Phi) is 8.19. The fourth-order valence-electron chi connectivity index (χ4n) is 3.73. The summed E-state index contributed by atoms with van der Waals surface area (Å²) in [5.74, 6) is -1.28. The van der Waals surface area contributed by atoms with Gasteiger partial charge in [-0.25, -0.2) is 0 Å². The van der Waals surface area contributed by atoms with Gasteiger partial charge in [0.2, 0.25) is 0 Å². The molecule has 0 aromatic carbocycles. The number of piperazine rings is 1. The predicted molar refractivity (Wildman–Crippen MR) is 112 cm³/mol. The van der Waals surface area contributed by atoms with Gasteiger partial charge in [0.15, 0.2) is 5.69 Å². The number of ether oxygens (including phenoxy) is 1. The Morgan fingerprint density at radius 3 is 2.56 bits per heavy atom. The zero-order valence-electron chi connectivity index (χ0n) is 18.6. The van der Waals surface area contributed by atoms with Crippen LogP contribution in [-0.2, 0) is 20.5 Å². The molecule has 0 aliphatic carbocycles. The van der Waals surface area contributed by atoms with Crippen LogP contribution >= 0.6 is 0 Å². The van der Waals surface area contributed by atoms with Crippen molar-refractivity contribution < 1.29 is 32.6 Å². The van der Waals surface area contributed by atoms with Crippen LogP contribution in [0.15, 0.2) is 35.7 Å². The van der Waals surface area contributed by atoms with E-state index < -0.39 is 36.0 Å². The first-order valence-corrected chi connectivity index (χ1v) is 10.3. The predicted octanol–water partition coefficient (Wildman–Crippen LogP) is 3.21. The van der Waals surface area contributed by atoms with Gasteiger partial charge >= 0.3 is 6.18 Å². The van der Waals surface area contributed by atoms with Crippen molar-refractivity contribution in [2.24, 2.45) is 0 Å². The van der Waals surface area contributed by atoms with Crippen molar-refractivity contribution in [1.29, 1.82) is 0 Å². The number of nitrogens with zero attached hydrogens (tertiary/aromatic N) is 3. The van der Waals surface area contributed by atoms with E-state index in [0.717, 1.165) is 33.7 Å². The minimum atomic E-state index is -4.73. The fraction of sp³-hybridized carbons (Fsp3) is 0.500. The highest BCUT2D eigenvalue weighted by atomic mass is 19.4. The second-order valence-corrected chi connectivity index (χ2v) is 7.36. The molecule has 2 amide bonds. The number of alkyl halides is 3. The zero-order chi connectivity index (χ0) is 24.1. The summed E-state index contributed by atoms with van der Waals surface area (Å²) in [5.41, 5.74) is -2.38. The summed E-state index contributed by atoms with van der Waals surface area (Å²) in [7, 11) is 1.33. The van der Waals surface area contributed by atoms with Crippen LogP contribution < -0.4 is 0 Å². The molecule has 10 heteroatoms. The topological polar surface area (TPSA) is 83.0 Å². The number of aliphatic hydroxyl groups excluding tert-OH is 1. The van der Waals surface area contributed by atoms with Crippen LogP contribution in [0.5, 0.6) is 0 Å². The van der Waals surface area contributed by atoms with Gasteiger partial charge in [-0.15, -0.1) is 0 Å². The van der Waals surface area contributed by atoms with E-state index in [1.807, 2.05) is 19.9 Å². The molecule has 3 rings (SSSR count). The van der Waals surface area contributed by atoms with Gasteiger partial charge in [0, 0.05) is 25.2 Å². The van der Waals surface area contributed by atoms with E-state index in [1.54, 1.807) is 0 Å². The van der Waals surface area contributed by atoms with E-state index >= 15 is 0 Å². The number of aromatic nitrogens is 1. The zero-order valence-corrected chi connectivity index (χ0v) is 18.6. The van der Waals surface area contributed by atoms with Crippen LogP contribution in [0.2, 0.25) is 0 Å². The maximum atomic E-state index is 13.3. The molecule has 1 fully saturated rings. The second kappa shape index (κ2) is 10.3. The lowest BCUT2D eigenvalue weighted by atomic mass is 9.86. The van der Waals surface area contributed by atoms with Gasteiger partial charge in [0.05, 0.1) is 13.2 Å². The largest absolute Gasteiger partial charge is 0.433 e. The lowest BCUT2D eigenvalue weighted by Crippen LogP contribution is -2.65. The summed E-state index contributed by atoms with van der Waals surface area (Å²) < 4.78 is 45.2. The first-order valence-electron chi connectivity index (χ1n) is 10.3. The highest BCUT2D eigenvalue weighted by Gasteiger charge is 2.50. The molecule has 3 heterocycles. The summed E-state index contributed by atoms with van der Waals surface area (Å²) in [6.07, 6.45) is -0.00265. The molecular weight excluding hydrogens is 427 g/mol. The number of pyridine rings is 1. The molecule has 7 nitrogen and oxygen atoms in total. The van der Waals surface area contributed by atoms with E-state index in [0.29, 0.717) is 19.6 Å². The molecule has 2 aliphatic rings. The maximum Gasteiger partial charge on any atom is 0.433 e. The van der Waals surface area contributed by atoms with Crippen LogP contribution in [-0.4, -0.2) is 64.2 Å². The van der Waals surface area contributed by atoms with Gasteiger partial charge < -0.3 is 14.7 Å². The van der Waals surface area contributed by atoms with E-state index in [1.165, 1.54) is 20.0 Å². The third kappa shape index (κ3) is 5.02. The minimum absolute atomic E-state index is 0.149. The number of aliphatic hydroxyl groups is 1. The number of halogens is 3. The van der Waals surface area contributed by atoms with Crippen molar-refractivity contribution in [3.8, 4) is 0 Å². The Morgan fingerprint density at radius 1 is 1.31 bits per heavy atom. The third-order valence-electron chi connectivity index (χ3n) is 5.28. The van der Waals surface area contributed by atoms with Gasteiger partial charge in [0.1, 0.15) is 18.0 Å². The molecule has 1 saturated heterocycles. The Labute approximate surface area is 185 Å². The third-order valence-corrected chi connectivity index (χ3v) is 5.28. The number of carbonyl (C=O) groups is 2. The fourth-order valence-corrected chi connectivity index (χ4v) is 3.73. The molecule has 1 atom stereocenters. The molecule has 1 aromatic heterocycles. The van der Waals surface area contributed by atoms with Gasteiger partial charge in [0.25, 0.3) is 11.8 Å². The second-order valence-electron chi connectivity index (χ2n) is 7.36. The highest BCUT2D eigenvalue weighted by molar-refractivity contribution is 6.08. The van der Waals surface area contributed by atoms with Crippen molar-refractivity contribution in [3.63, 3.8) is 0 Å². The van der Waals surface area contributed by atoms with Gasteiger partial charge in [-0.2, -0.15) is 13.2 Å². The quantitative estimate of drug-likeness (QED) is 0.557. The number of hydrogen-bond donors (Lipinski definition) is 1. The van der Waals surface area contributed by atoms with Crippen LogP contribution in [0.1, 0.15) is 44.9 Å². The maximum absolute atomic E-state index is 13.3. The number of carbonyl (C=O) groups excluding carboxylic acids is 2. The van der Waals surface area contributed by atoms with Gasteiger partial charge in [-0.1, -0.05) is 26.0 Å². The van der Waals surface area contributed by atoms with Crippen LogP contribution in [0.25, 0.3) is 6.08 Å². The number of hydrogen-bond acceptors (Lipinski definition) is 5. The summed E-state index contributed by atoms with van der Waals surface area (Å²) in [6, 6.07) is 2.47. The molecule has 0 bridgehead atoms. The first-order chi connectivity index (χ1) is 15.1. The monoisotopic (exact) mass is 455 g/mol. The molecule has 32 heavy (non-hydrogen) atoms. The minimum Gasteiger partial charge on any atom is -0.377 e. The molecule has 176 valence electrons. The van der Waals surface area contributed by atoms with Crippen LogP contribution in [0, 0.1) is 0 Å². The molecular formula is C22H28F3N3O4. The summed E-state index contributed by atoms with van der Waals surface area (Å²) in [6.45, 7) is 5.64.